The van der Waals surface area contributed by atoms with Crippen molar-refractivity contribution in [3.63, 3.8) is 0 Å². The highest BCUT2D eigenvalue weighted by atomic mass is 32.2. The summed E-state index contributed by atoms with van der Waals surface area (Å²) in [6.07, 6.45) is 2.72. The molecule has 0 aliphatic rings. The molecule has 0 bridgehead atoms. The molecule has 0 saturated carbocycles. The SMILES string of the molecule is O=Cc1ccccc1OP(Oc1ccccc1C=O)Oc1ccc2ccccc2c1Sc1c(OP(Oc2ccccc2C=O)Oc2ccccc2C=O)ccc2ccccc12. The van der Waals surface area contributed by atoms with Crippen LogP contribution in [0.3, 0.4) is 0 Å². The van der Waals surface area contributed by atoms with Gasteiger partial charge in [0.1, 0.15) is 34.5 Å². The first kappa shape index (κ1) is 40.7. The monoisotopic (exact) mass is 862 g/mol. The normalized spacial score (nSPS) is 10.9. The van der Waals surface area contributed by atoms with Crippen LogP contribution in [-0.4, -0.2) is 25.1 Å². The van der Waals surface area contributed by atoms with Crippen LogP contribution >= 0.6 is 29.0 Å². The topological polar surface area (TPSA) is 124 Å². The Labute approximate surface area is 357 Å². The number of carbonyl (C=O) groups is 4. The lowest BCUT2D eigenvalue weighted by molar-refractivity contribution is 0.111. The Bertz CT molecular complexity index is 2590. The summed E-state index contributed by atoms with van der Waals surface area (Å²) in [6, 6.07) is 49.8. The molecule has 8 rings (SSSR count). The Hall–Kier alpha value is -7.03. The van der Waals surface area contributed by atoms with E-state index in [2.05, 4.69) is 0 Å². The Balaban J connectivity index is 1.24. The molecule has 0 amide bonds. The molecule has 0 unspecified atom stereocenters. The molecule has 61 heavy (non-hydrogen) atoms. The molecule has 13 heteroatoms. The van der Waals surface area contributed by atoms with Crippen molar-refractivity contribution < 1.29 is 46.3 Å². The zero-order chi connectivity index (χ0) is 42.0. The molecular weight excluding hydrogens is 831 g/mol. The predicted molar refractivity (Wildman–Crippen MR) is 237 cm³/mol. The summed E-state index contributed by atoms with van der Waals surface area (Å²) in [5.74, 6) is 1.66. The van der Waals surface area contributed by atoms with Crippen LogP contribution in [0, 0.1) is 0 Å². The fourth-order valence-corrected chi connectivity index (χ4v) is 9.64. The lowest BCUT2D eigenvalue weighted by Gasteiger charge is -2.23. The van der Waals surface area contributed by atoms with Crippen LogP contribution in [0.5, 0.6) is 34.5 Å². The summed E-state index contributed by atoms with van der Waals surface area (Å²) in [4.78, 5) is 49.5. The van der Waals surface area contributed by atoms with Gasteiger partial charge >= 0.3 is 17.2 Å². The molecule has 8 aromatic rings. The maximum absolute atomic E-state index is 12.1. The van der Waals surface area contributed by atoms with Crippen molar-refractivity contribution in [2.45, 2.75) is 9.79 Å². The number of benzene rings is 8. The van der Waals surface area contributed by atoms with E-state index < -0.39 is 17.2 Å². The molecule has 300 valence electrons. The molecule has 0 saturated heterocycles. The molecule has 0 spiro atoms. The average Bonchev–Trinajstić information content (AvgIpc) is 3.31. The minimum Gasteiger partial charge on any atom is -0.408 e. The Morgan fingerprint density at radius 2 is 0.590 bits per heavy atom. The van der Waals surface area contributed by atoms with E-state index in [1.54, 1.807) is 97.1 Å². The van der Waals surface area contributed by atoms with Gasteiger partial charge < -0.3 is 27.1 Å². The Morgan fingerprint density at radius 3 is 0.918 bits per heavy atom. The van der Waals surface area contributed by atoms with E-state index >= 15 is 0 Å². The molecule has 8 aromatic carbocycles. The quantitative estimate of drug-likeness (QED) is 0.0605. The molecule has 0 heterocycles. The van der Waals surface area contributed by atoms with Crippen molar-refractivity contribution in [2.24, 2.45) is 0 Å². The number of rotatable bonds is 18. The van der Waals surface area contributed by atoms with Gasteiger partial charge in [0.15, 0.2) is 25.1 Å². The Kier molecular flexibility index (Phi) is 12.9. The van der Waals surface area contributed by atoms with Gasteiger partial charge in [-0.25, -0.2) is 0 Å². The van der Waals surface area contributed by atoms with Gasteiger partial charge in [-0.15, -0.1) is 0 Å². The molecule has 0 aromatic heterocycles. The number of aldehydes is 4. The first-order chi connectivity index (χ1) is 30.0. The third-order valence-electron chi connectivity index (χ3n) is 9.11. The maximum atomic E-state index is 12.1. The molecule has 0 fully saturated rings. The van der Waals surface area contributed by atoms with E-state index in [1.165, 1.54) is 11.8 Å². The van der Waals surface area contributed by atoms with Crippen LogP contribution in [-0.2, 0) is 0 Å². The minimum atomic E-state index is -2.36. The number of fused-ring (bicyclic) bond motifs is 2. The zero-order valence-electron chi connectivity index (χ0n) is 31.9. The van der Waals surface area contributed by atoms with Crippen LogP contribution in [0.15, 0.2) is 180 Å². The summed E-state index contributed by atoms with van der Waals surface area (Å²) in [5, 5.41) is 3.48. The van der Waals surface area contributed by atoms with E-state index in [0.717, 1.165) is 21.5 Å². The molecule has 0 N–H and O–H groups in total. The predicted octanol–water partition coefficient (Wildman–Crippen LogP) is 12.9. The van der Waals surface area contributed by atoms with Crippen LogP contribution in [0.25, 0.3) is 21.5 Å². The fourth-order valence-electron chi connectivity index (χ4n) is 6.14. The van der Waals surface area contributed by atoms with Gasteiger partial charge in [-0.2, -0.15) is 0 Å². The van der Waals surface area contributed by atoms with Gasteiger partial charge in [0.05, 0.1) is 32.0 Å². The van der Waals surface area contributed by atoms with Crippen LogP contribution in [0.4, 0.5) is 0 Å². The summed E-state index contributed by atoms with van der Waals surface area (Å²) in [6.45, 7) is 0. The fraction of sp³-hybridized carbons (Fsp3) is 0. The van der Waals surface area contributed by atoms with Gasteiger partial charge in [-0.3, -0.25) is 19.2 Å². The van der Waals surface area contributed by atoms with Gasteiger partial charge in [0.2, 0.25) is 0 Å². The molecule has 0 aliphatic heterocycles. The highest BCUT2D eigenvalue weighted by molar-refractivity contribution is 8.00. The highest BCUT2D eigenvalue weighted by Gasteiger charge is 2.28. The van der Waals surface area contributed by atoms with Crippen molar-refractivity contribution in [3.8, 4) is 34.5 Å². The van der Waals surface area contributed by atoms with Crippen molar-refractivity contribution in [2.75, 3.05) is 0 Å². The van der Waals surface area contributed by atoms with Crippen LogP contribution in [0.2, 0.25) is 0 Å². The van der Waals surface area contributed by atoms with Gasteiger partial charge in [0.25, 0.3) is 0 Å². The van der Waals surface area contributed by atoms with E-state index in [4.69, 9.17) is 27.1 Å². The summed E-state index contributed by atoms with van der Waals surface area (Å²) in [7, 11) is -4.72. The summed E-state index contributed by atoms with van der Waals surface area (Å²) >= 11 is 1.36. The molecule has 0 aliphatic carbocycles. The van der Waals surface area contributed by atoms with Crippen molar-refractivity contribution in [1.82, 2.24) is 0 Å². The molecule has 0 atom stereocenters. The number of hydrogen-bond acceptors (Lipinski definition) is 11. The maximum Gasteiger partial charge on any atom is 0.530 e. The summed E-state index contributed by atoms with van der Waals surface area (Å²) in [5.41, 5.74) is 1.13. The summed E-state index contributed by atoms with van der Waals surface area (Å²) < 4.78 is 38.7. The van der Waals surface area contributed by atoms with Crippen LogP contribution in [0.1, 0.15) is 41.4 Å². The second-order valence-corrected chi connectivity index (χ2v) is 16.0. The smallest absolute Gasteiger partial charge is 0.408 e. The number of para-hydroxylation sites is 4. The van der Waals surface area contributed by atoms with Crippen molar-refractivity contribution in [3.05, 3.63) is 192 Å². The third-order valence-corrected chi connectivity index (χ3v) is 12.4. The number of hydrogen-bond donors (Lipinski definition) is 0. The van der Waals surface area contributed by atoms with E-state index in [-0.39, 0.29) is 45.3 Å². The lowest BCUT2D eigenvalue weighted by atomic mass is 10.1. The van der Waals surface area contributed by atoms with E-state index in [9.17, 15) is 19.2 Å². The molecule has 0 radical (unpaired) electrons. The third kappa shape index (κ3) is 9.40. The van der Waals surface area contributed by atoms with Crippen LogP contribution < -0.4 is 27.1 Å². The molecule has 10 nitrogen and oxygen atoms in total. The van der Waals surface area contributed by atoms with Gasteiger partial charge in [-0.05, 0) is 82.2 Å². The van der Waals surface area contributed by atoms with Crippen molar-refractivity contribution in [1.29, 1.82) is 0 Å². The molecular formula is C48H32O10P2S. The lowest BCUT2D eigenvalue weighted by Crippen LogP contribution is -2.06. The standard InChI is InChI=1S/C48H32O10P2S/c49-29-35-15-3-9-21-41(35)53-59(54-42-22-10-4-16-36(42)30-50)57-45-27-25-33-13-1-7-19-39(33)47(45)61-48-40-20-8-2-14-34(40)26-28-46(48)58-60(55-43-23-11-5-17-37(43)31-51)56-44-24-12-6-18-38(44)32-52/h1-32H. The average molecular weight is 863 g/mol. The Morgan fingerprint density at radius 1 is 0.311 bits per heavy atom. The second kappa shape index (κ2) is 19.4. The minimum absolute atomic E-state index is 0.229. The second-order valence-electron chi connectivity index (χ2n) is 12.9. The van der Waals surface area contributed by atoms with Gasteiger partial charge in [0, 0.05) is 0 Å². The van der Waals surface area contributed by atoms with E-state index in [1.807, 2.05) is 72.8 Å². The van der Waals surface area contributed by atoms with Crippen molar-refractivity contribution >= 4 is 75.7 Å². The first-order valence-corrected chi connectivity index (χ1v) is 21.6. The largest absolute Gasteiger partial charge is 0.530 e. The number of carbonyl (C=O) groups excluding carboxylic acids is 4. The van der Waals surface area contributed by atoms with E-state index in [0.29, 0.717) is 46.4 Å². The zero-order valence-corrected chi connectivity index (χ0v) is 34.5. The first-order valence-electron chi connectivity index (χ1n) is 18.6. The highest BCUT2D eigenvalue weighted by Crippen LogP contribution is 2.53. The van der Waals surface area contributed by atoms with Gasteiger partial charge in [-0.1, -0.05) is 121 Å².